The zero-order valence-electron chi connectivity index (χ0n) is 17.7. The smallest absolute Gasteiger partial charge is 0.188 e. The average Bonchev–Trinajstić information content (AvgIpc) is 3.19. The first-order valence-corrected chi connectivity index (χ1v) is 10.7. The van der Waals surface area contributed by atoms with Crippen LogP contribution in [-0.4, -0.2) is 76.6 Å². The van der Waals surface area contributed by atoms with Crippen LogP contribution in [0.4, 0.5) is 0 Å². The molecule has 8 nitrogen and oxygen atoms in total. The van der Waals surface area contributed by atoms with Gasteiger partial charge in [-0.1, -0.05) is 30.3 Å². The fraction of sp³-hybridized carbons (Fsp3) is 0.727. The van der Waals surface area contributed by atoms with Gasteiger partial charge < -0.3 is 38.9 Å². The number of nitrogens with two attached hydrogens (primary N) is 1. The maximum Gasteiger partial charge on any atom is 0.188 e. The van der Waals surface area contributed by atoms with Crippen LogP contribution in [0.1, 0.15) is 25.5 Å². The minimum atomic E-state index is -0.672. The molecule has 0 aliphatic carbocycles. The highest BCUT2D eigenvalue weighted by Crippen LogP contribution is 2.43. The third-order valence-corrected chi connectivity index (χ3v) is 5.63. The molecule has 168 valence electrons. The van der Waals surface area contributed by atoms with Crippen LogP contribution in [0.2, 0.25) is 0 Å². The Morgan fingerprint density at radius 2 is 1.77 bits per heavy atom. The van der Waals surface area contributed by atoms with E-state index >= 15 is 0 Å². The van der Waals surface area contributed by atoms with Gasteiger partial charge in [-0.05, 0) is 19.4 Å². The molecule has 0 amide bonds. The van der Waals surface area contributed by atoms with Gasteiger partial charge in [0, 0.05) is 12.5 Å². The number of fused-ring (bicyclic) bond motifs is 3. The van der Waals surface area contributed by atoms with Gasteiger partial charge in [0.2, 0.25) is 0 Å². The second-order valence-electron chi connectivity index (χ2n) is 8.31. The number of benzene rings is 1. The highest BCUT2D eigenvalue weighted by Gasteiger charge is 2.57. The van der Waals surface area contributed by atoms with Gasteiger partial charge in [0.05, 0.1) is 45.7 Å². The van der Waals surface area contributed by atoms with Gasteiger partial charge in [0.1, 0.15) is 18.3 Å². The molecule has 1 aromatic rings. The van der Waals surface area contributed by atoms with E-state index < -0.39 is 12.1 Å². The van der Waals surface area contributed by atoms with Gasteiger partial charge in [-0.3, -0.25) is 0 Å². The minimum absolute atomic E-state index is 0.00891. The molecule has 3 aliphatic rings. The van der Waals surface area contributed by atoms with E-state index in [9.17, 15) is 0 Å². The van der Waals surface area contributed by atoms with Crippen molar-refractivity contribution in [2.75, 3.05) is 46.2 Å². The second-order valence-corrected chi connectivity index (χ2v) is 8.31. The zero-order chi connectivity index (χ0) is 21.0. The summed E-state index contributed by atoms with van der Waals surface area (Å²) in [7, 11) is 0. The summed E-state index contributed by atoms with van der Waals surface area (Å²) in [5.41, 5.74) is 6.53. The first-order valence-electron chi connectivity index (χ1n) is 10.7. The van der Waals surface area contributed by atoms with Gasteiger partial charge in [-0.2, -0.15) is 0 Å². The Balaban J connectivity index is 1.43. The first-order chi connectivity index (χ1) is 14.6. The van der Waals surface area contributed by atoms with Gasteiger partial charge in [0.25, 0.3) is 0 Å². The summed E-state index contributed by atoms with van der Waals surface area (Å²) >= 11 is 0. The normalized spacial score (nSPS) is 35.4. The summed E-state index contributed by atoms with van der Waals surface area (Å²) in [4.78, 5) is 0. The lowest BCUT2D eigenvalue weighted by atomic mass is 9.94. The van der Waals surface area contributed by atoms with Crippen LogP contribution in [-0.2, 0) is 33.2 Å². The van der Waals surface area contributed by atoms with E-state index in [4.69, 9.17) is 38.9 Å². The van der Waals surface area contributed by atoms with E-state index in [2.05, 4.69) is 12.1 Å². The molecule has 0 saturated carbocycles. The molecule has 4 rings (SSSR count). The fourth-order valence-electron chi connectivity index (χ4n) is 4.24. The predicted octanol–water partition coefficient (Wildman–Crippen LogP) is 1.63. The Morgan fingerprint density at radius 1 is 0.967 bits per heavy atom. The molecule has 3 fully saturated rings. The number of ether oxygens (including phenoxy) is 7. The third kappa shape index (κ3) is 5.20. The van der Waals surface area contributed by atoms with E-state index in [-0.39, 0.29) is 30.3 Å². The maximum atomic E-state index is 6.26. The van der Waals surface area contributed by atoms with E-state index in [1.54, 1.807) is 0 Å². The monoisotopic (exact) mass is 423 g/mol. The Morgan fingerprint density at radius 3 is 2.57 bits per heavy atom. The first kappa shape index (κ1) is 22.1. The maximum absolute atomic E-state index is 6.26. The molecule has 3 saturated heterocycles. The van der Waals surface area contributed by atoms with Crippen LogP contribution in [0, 0.1) is 5.92 Å². The van der Waals surface area contributed by atoms with Gasteiger partial charge in [-0.15, -0.1) is 0 Å². The molecule has 3 heterocycles. The molecule has 0 bridgehead atoms. The summed E-state index contributed by atoms with van der Waals surface area (Å²) in [5.74, 6) is -0.681. The number of hydrogen-bond donors (Lipinski definition) is 1. The van der Waals surface area contributed by atoms with Gasteiger partial charge in [0.15, 0.2) is 12.1 Å². The van der Waals surface area contributed by atoms with E-state index in [1.165, 1.54) is 0 Å². The number of rotatable bonds is 8. The van der Waals surface area contributed by atoms with Crippen molar-refractivity contribution in [3.05, 3.63) is 35.9 Å². The summed E-state index contributed by atoms with van der Waals surface area (Å²) < 4.78 is 42.1. The molecule has 0 radical (unpaired) electrons. The largest absolute Gasteiger partial charge is 0.378 e. The molecule has 1 aromatic carbocycles. The van der Waals surface area contributed by atoms with Crippen LogP contribution in [0.5, 0.6) is 0 Å². The minimum Gasteiger partial charge on any atom is -0.378 e. The van der Waals surface area contributed by atoms with Crippen LogP contribution in [0.3, 0.4) is 0 Å². The molecule has 0 spiro atoms. The lowest BCUT2D eigenvalue weighted by Crippen LogP contribution is -2.45. The van der Waals surface area contributed by atoms with Crippen molar-refractivity contribution < 1.29 is 33.2 Å². The van der Waals surface area contributed by atoms with Crippen molar-refractivity contribution in [2.24, 2.45) is 11.7 Å². The van der Waals surface area contributed by atoms with Crippen molar-refractivity contribution in [1.82, 2.24) is 0 Å². The second kappa shape index (κ2) is 10.0. The average molecular weight is 424 g/mol. The van der Waals surface area contributed by atoms with Crippen LogP contribution >= 0.6 is 0 Å². The highest BCUT2D eigenvalue weighted by molar-refractivity contribution is 5.18. The molecular formula is C22H33NO7. The number of hydrogen-bond acceptors (Lipinski definition) is 8. The lowest BCUT2D eigenvalue weighted by molar-refractivity contribution is -0.239. The van der Waals surface area contributed by atoms with Crippen molar-refractivity contribution >= 4 is 0 Å². The lowest BCUT2D eigenvalue weighted by Gasteiger charge is -2.35. The Kier molecular flexibility index (Phi) is 7.38. The summed E-state index contributed by atoms with van der Waals surface area (Å²) in [6.07, 6.45) is -1.25. The van der Waals surface area contributed by atoms with Gasteiger partial charge >= 0.3 is 0 Å². The molecule has 2 N–H and O–H groups in total. The molecule has 3 aliphatic heterocycles. The molecule has 8 heteroatoms. The van der Waals surface area contributed by atoms with Crippen molar-refractivity contribution in [2.45, 2.75) is 50.3 Å². The van der Waals surface area contributed by atoms with E-state index in [0.29, 0.717) is 46.2 Å². The third-order valence-electron chi connectivity index (χ3n) is 5.63. The Bertz CT molecular complexity index is 658. The Labute approximate surface area is 177 Å². The van der Waals surface area contributed by atoms with Crippen LogP contribution < -0.4 is 5.73 Å². The topological polar surface area (TPSA) is 90.6 Å². The Hall–Kier alpha value is -1.10. The summed E-state index contributed by atoms with van der Waals surface area (Å²) in [5, 5.41) is 0. The van der Waals surface area contributed by atoms with E-state index in [1.807, 2.05) is 32.0 Å². The highest BCUT2D eigenvalue weighted by atomic mass is 16.8. The standard InChI is InChI=1S/C22H33NO7/c1-22(2)29-20-16-12-26-17(15-6-4-3-5-7-15)14-27-18(19(16)28-21(20)30-22)13-25-11-10-24-9-8-23/h3-7,16-21H,8-14,23H2,1-2H3/t16-,17?,18?,19+,20?,21-/m1/s1. The van der Waals surface area contributed by atoms with Crippen molar-refractivity contribution in [3.8, 4) is 0 Å². The van der Waals surface area contributed by atoms with Crippen LogP contribution in [0.25, 0.3) is 0 Å². The summed E-state index contributed by atoms with van der Waals surface area (Å²) in [6.45, 7) is 7.14. The molecular weight excluding hydrogens is 390 g/mol. The SMILES string of the molecule is CC1(C)OC2[C@H](O[C@@H]3C(COCCOCCN)OCC(c4ccccc4)OC[C@@H]23)O1. The quantitative estimate of drug-likeness (QED) is 0.631. The molecule has 3 unspecified atom stereocenters. The summed E-state index contributed by atoms with van der Waals surface area (Å²) in [6, 6.07) is 10.1. The zero-order valence-corrected chi connectivity index (χ0v) is 17.7. The molecule has 6 atom stereocenters. The van der Waals surface area contributed by atoms with Crippen molar-refractivity contribution in [3.63, 3.8) is 0 Å². The van der Waals surface area contributed by atoms with Crippen LogP contribution in [0.15, 0.2) is 30.3 Å². The predicted molar refractivity (Wildman–Crippen MR) is 108 cm³/mol. The molecule has 30 heavy (non-hydrogen) atoms. The van der Waals surface area contributed by atoms with E-state index in [0.717, 1.165) is 5.56 Å². The molecule has 0 aromatic heterocycles. The fourth-order valence-corrected chi connectivity index (χ4v) is 4.24. The van der Waals surface area contributed by atoms with Gasteiger partial charge in [-0.25, -0.2) is 0 Å². The van der Waals surface area contributed by atoms with Crippen molar-refractivity contribution in [1.29, 1.82) is 0 Å².